The molecular weight excluding hydrogens is 326 g/mol. The van der Waals surface area contributed by atoms with Crippen LogP contribution in [0.5, 0.6) is 0 Å². The molecular formula is C15H39NO3Si3. The Morgan fingerprint density at radius 2 is 1.23 bits per heavy atom. The summed E-state index contributed by atoms with van der Waals surface area (Å²) in [7, 11) is -4.61. The third-order valence-corrected chi connectivity index (χ3v) is 14.2. The van der Waals surface area contributed by atoms with Crippen LogP contribution in [0.4, 0.5) is 0 Å². The average molecular weight is 366 g/mol. The fraction of sp³-hybridized carbons (Fsp3) is 1.00. The zero-order valence-electron chi connectivity index (χ0n) is 16.4. The maximum atomic E-state index is 6.01. The fourth-order valence-corrected chi connectivity index (χ4v) is 14.2. The summed E-state index contributed by atoms with van der Waals surface area (Å²) in [5, 5.41) is 0. The molecule has 0 unspecified atom stereocenters. The van der Waals surface area contributed by atoms with Gasteiger partial charge in [0.25, 0.3) is 0 Å². The number of ether oxygens (including phenoxy) is 1. The van der Waals surface area contributed by atoms with E-state index in [1.165, 1.54) is 0 Å². The van der Waals surface area contributed by atoms with Crippen molar-refractivity contribution < 1.29 is 13.6 Å². The Labute approximate surface area is 141 Å². The zero-order valence-corrected chi connectivity index (χ0v) is 19.4. The summed E-state index contributed by atoms with van der Waals surface area (Å²) in [5.41, 5.74) is 0. The van der Waals surface area contributed by atoms with Gasteiger partial charge in [0.05, 0.1) is 6.73 Å². The molecule has 0 N–H and O–H groups in total. The molecule has 22 heavy (non-hydrogen) atoms. The lowest BCUT2D eigenvalue weighted by atomic mass is 10.5. The lowest BCUT2D eigenvalue weighted by Gasteiger charge is -2.43. The maximum Gasteiger partial charge on any atom is 0.334 e. The summed E-state index contributed by atoms with van der Waals surface area (Å²) in [6, 6.07) is 1.01. The minimum Gasteiger partial charge on any atom is -0.395 e. The summed E-state index contributed by atoms with van der Waals surface area (Å²) in [5.74, 6) is 0. The van der Waals surface area contributed by atoms with Crippen LogP contribution in [0.15, 0.2) is 0 Å². The van der Waals surface area contributed by atoms with E-state index in [-0.39, 0.29) is 0 Å². The second-order valence-corrected chi connectivity index (χ2v) is 21.5. The van der Waals surface area contributed by atoms with Crippen LogP contribution in [-0.4, -0.2) is 55.8 Å². The number of hydrogen-bond donors (Lipinski definition) is 0. The van der Waals surface area contributed by atoms with E-state index in [0.29, 0.717) is 0 Å². The van der Waals surface area contributed by atoms with Gasteiger partial charge in [-0.2, -0.15) is 0 Å². The Hall–Kier alpha value is 0.491. The van der Waals surface area contributed by atoms with Gasteiger partial charge in [-0.15, -0.1) is 0 Å². The normalized spacial score (nSPS) is 13.9. The molecule has 0 aromatic rings. The van der Waals surface area contributed by atoms with E-state index in [9.17, 15) is 0 Å². The maximum absolute atomic E-state index is 6.01. The van der Waals surface area contributed by atoms with E-state index < -0.39 is 25.0 Å². The summed E-state index contributed by atoms with van der Waals surface area (Å²) >= 11 is 0. The highest BCUT2D eigenvalue weighted by Crippen LogP contribution is 2.20. The predicted molar refractivity (Wildman–Crippen MR) is 104 cm³/mol. The number of nitrogens with zero attached hydrogens (tertiary/aromatic N) is 1. The molecule has 4 nitrogen and oxygen atoms in total. The number of rotatable bonds is 12. The van der Waals surface area contributed by atoms with E-state index in [0.717, 1.165) is 39.0 Å². The lowest BCUT2D eigenvalue weighted by Crippen LogP contribution is -2.59. The van der Waals surface area contributed by atoms with Crippen molar-refractivity contribution in [3.63, 3.8) is 0 Å². The van der Waals surface area contributed by atoms with E-state index in [2.05, 4.69) is 50.1 Å². The second kappa shape index (κ2) is 9.71. The summed E-state index contributed by atoms with van der Waals surface area (Å²) in [4.78, 5) is 0. The SMILES string of the molecule is CCO[Si](C)(CCCOCN([Si](C)(C)C)[Si](C)(C)C)OCC. The van der Waals surface area contributed by atoms with Crippen LogP contribution in [0.25, 0.3) is 0 Å². The van der Waals surface area contributed by atoms with Crippen molar-refractivity contribution in [3.8, 4) is 0 Å². The molecule has 0 radical (unpaired) electrons. The van der Waals surface area contributed by atoms with Gasteiger partial charge in [0.15, 0.2) is 0 Å². The van der Waals surface area contributed by atoms with Crippen molar-refractivity contribution in [2.75, 3.05) is 26.6 Å². The molecule has 134 valence electrons. The first kappa shape index (κ1) is 22.5. The molecule has 0 aliphatic rings. The van der Waals surface area contributed by atoms with E-state index in [1.807, 2.05) is 13.8 Å². The highest BCUT2D eigenvalue weighted by atomic mass is 28.4. The van der Waals surface area contributed by atoms with Gasteiger partial charge in [0.1, 0.15) is 16.5 Å². The average Bonchev–Trinajstić information content (AvgIpc) is 2.30. The molecule has 7 heteroatoms. The third kappa shape index (κ3) is 8.95. The molecule has 0 aliphatic heterocycles. The first-order valence-electron chi connectivity index (χ1n) is 8.59. The molecule has 0 saturated carbocycles. The van der Waals surface area contributed by atoms with Gasteiger partial charge < -0.3 is 17.8 Å². The molecule has 0 amide bonds. The largest absolute Gasteiger partial charge is 0.395 e. The molecule has 0 fully saturated rings. The Balaban J connectivity index is 4.24. The Morgan fingerprint density at radius 3 is 1.59 bits per heavy atom. The minimum absolute atomic E-state index is 0.739. The number of hydrogen-bond acceptors (Lipinski definition) is 4. The molecule has 0 spiro atoms. The van der Waals surface area contributed by atoms with Crippen molar-refractivity contribution >= 4 is 25.0 Å². The minimum atomic E-state index is -1.98. The molecule has 0 heterocycles. The topological polar surface area (TPSA) is 30.9 Å². The molecule has 0 bridgehead atoms. The van der Waals surface area contributed by atoms with Crippen LogP contribution in [-0.2, 0) is 13.6 Å². The first-order chi connectivity index (χ1) is 9.96. The van der Waals surface area contributed by atoms with E-state index in [4.69, 9.17) is 13.6 Å². The van der Waals surface area contributed by atoms with Gasteiger partial charge in [-0.3, -0.25) is 0 Å². The van der Waals surface area contributed by atoms with Crippen molar-refractivity contribution in [3.05, 3.63) is 0 Å². The molecule has 0 aromatic carbocycles. The van der Waals surface area contributed by atoms with Crippen LogP contribution >= 0.6 is 0 Å². The van der Waals surface area contributed by atoms with Gasteiger partial charge in [0.2, 0.25) is 0 Å². The van der Waals surface area contributed by atoms with Crippen molar-refractivity contribution in [2.45, 2.75) is 72.1 Å². The van der Waals surface area contributed by atoms with Gasteiger partial charge in [0, 0.05) is 19.8 Å². The molecule has 0 aromatic heterocycles. The quantitative estimate of drug-likeness (QED) is 0.290. The summed E-state index contributed by atoms with van der Waals surface area (Å²) in [6.45, 7) is 23.7. The Bertz CT molecular complexity index is 283. The zero-order chi connectivity index (χ0) is 17.4. The second-order valence-electron chi connectivity index (χ2n) is 7.91. The van der Waals surface area contributed by atoms with Crippen molar-refractivity contribution in [1.29, 1.82) is 0 Å². The highest BCUT2D eigenvalue weighted by molar-refractivity contribution is 6.89. The monoisotopic (exact) mass is 365 g/mol. The van der Waals surface area contributed by atoms with Crippen molar-refractivity contribution in [2.24, 2.45) is 0 Å². The van der Waals surface area contributed by atoms with Crippen molar-refractivity contribution in [1.82, 2.24) is 4.23 Å². The Kier molecular flexibility index (Phi) is 9.92. The van der Waals surface area contributed by atoms with Crippen LogP contribution in [0.3, 0.4) is 0 Å². The third-order valence-electron chi connectivity index (χ3n) is 3.66. The van der Waals surface area contributed by atoms with Crippen LogP contribution in [0, 0.1) is 0 Å². The molecule has 0 rings (SSSR count). The summed E-state index contributed by atoms with van der Waals surface area (Å²) in [6.07, 6.45) is 1.02. The van der Waals surface area contributed by atoms with Gasteiger partial charge in [-0.25, -0.2) is 0 Å². The van der Waals surface area contributed by atoms with Crippen LogP contribution in [0.2, 0.25) is 51.9 Å². The smallest absolute Gasteiger partial charge is 0.334 e. The lowest BCUT2D eigenvalue weighted by molar-refractivity contribution is 0.0911. The van der Waals surface area contributed by atoms with E-state index in [1.54, 1.807) is 0 Å². The van der Waals surface area contributed by atoms with Gasteiger partial charge in [-0.05, 0) is 32.9 Å². The summed E-state index contributed by atoms with van der Waals surface area (Å²) < 4.78 is 20.4. The predicted octanol–water partition coefficient (Wildman–Crippen LogP) is 4.47. The van der Waals surface area contributed by atoms with Gasteiger partial charge >= 0.3 is 8.56 Å². The Morgan fingerprint density at radius 1 is 0.773 bits per heavy atom. The van der Waals surface area contributed by atoms with Crippen LogP contribution < -0.4 is 0 Å². The molecule has 0 atom stereocenters. The van der Waals surface area contributed by atoms with Gasteiger partial charge in [-0.1, -0.05) is 39.3 Å². The molecule has 0 aliphatic carbocycles. The fourth-order valence-electron chi connectivity index (χ4n) is 2.84. The highest BCUT2D eigenvalue weighted by Gasteiger charge is 2.34. The molecule has 0 saturated heterocycles. The standard InChI is InChI=1S/C15H39NO3Si3/c1-10-18-22(9,19-11-2)14-12-13-17-15-16(20(3,4)5)21(6,7)8/h10-15H2,1-9H3. The van der Waals surface area contributed by atoms with Crippen LogP contribution in [0.1, 0.15) is 20.3 Å². The first-order valence-corrected chi connectivity index (χ1v) is 18.0. The van der Waals surface area contributed by atoms with E-state index >= 15 is 0 Å².